The number of aryl methyl sites for hydroxylation is 2. The van der Waals surface area contributed by atoms with Gasteiger partial charge in [-0.15, -0.1) is 0 Å². The van der Waals surface area contributed by atoms with E-state index in [1.54, 1.807) is 24.9 Å². The van der Waals surface area contributed by atoms with Gasteiger partial charge in [-0.1, -0.05) is 45.0 Å². The number of aromatic nitrogens is 2. The van der Waals surface area contributed by atoms with Crippen molar-refractivity contribution in [1.29, 1.82) is 0 Å². The van der Waals surface area contributed by atoms with Gasteiger partial charge in [0.15, 0.2) is 5.76 Å². The Kier molecular flexibility index (Phi) is 9.22. The standard InChI is InChI=1S/C25H35N3O5/c1-17-15-22(28(7)27-17)23(32-18(2)33-24(29)31-14-13-30-8)21(16-26-6)19-9-11-20(12-10-19)25(3,4)5/h9-12,15-16,18H,13-14H2,1-8H3/b23-21-,26-16?. The van der Waals surface area contributed by atoms with Gasteiger partial charge in [0.05, 0.1) is 12.3 Å². The average Bonchev–Trinajstić information content (AvgIpc) is 3.08. The summed E-state index contributed by atoms with van der Waals surface area (Å²) in [7, 11) is 5.06. The molecule has 1 aromatic carbocycles. The molecule has 0 saturated carbocycles. The van der Waals surface area contributed by atoms with E-state index in [1.165, 1.54) is 12.7 Å². The largest absolute Gasteiger partial charge is 0.511 e. The first-order chi connectivity index (χ1) is 15.6. The second-order valence-electron chi connectivity index (χ2n) is 8.65. The molecular formula is C25H35N3O5. The summed E-state index contributed by atoms with van der Waals surface area (Å²) >= 11 is 0. The quantitative estimate of drug-likeness (QED) is 0.178. The van der Waals surface area contributed by atoms with E-state index in [0.29, 0.717) is 5.76 Å². The van der Waals surface area contributed by atoms with Crippen molar-refractivity contribution in [2.75, 3.05) is 27.4 Å². The highest BCUT2D eigenvalue weighted by atomic mass is 16.8. The van der Waals surface area contributed by atoms with Gasteiger partial charge in [0, 0.05) is 39.9 Å². The van der Waals surface area contributed by atoms with E-state index < -0.39 is 12.4 Å². The molecule has 0 saturated heterocycles. The zero-order valence-electron chi connectivity index (χ0n) is 20.8. The van der Waals surface area contributed by atoms with E-state index >= 15 is 0 Å². The number of hydrogen-bond donors (Lipinski definition) is 0. The van der Waals surface area contributed by atoms with Gasteiger partial charge < -0.3 is 18.9 Å². The zero-order chi connectivity index (χ0) is 24.6. The molecule has 0 fully saturated rings. The van der Waals surface area contributed by atoms with Crippen molar-refractivity contribution >= 4 is 23.7 Å². The average molecular weight is 458 g/mol. The lowest BCUT2D eigenvalue weighted by Crippen LogP contribution is -2.21. The highest BCUT2D eigenvalue weighted by molar-refractivity contribution is 6.18. The molecule has 8 heteroatoms. The van der Waals surface area contributed by atoms with Gasteiger partial charge in [-0.2, -0.15) is 5.10 Å². The lowest BCUT2D eigenvalue weighted by molar-refractivity contribution is -0.0700. The van der Waals surface area contributed by atoms with Crippen molar-refractivity contribution in [3.8, 4) is 0 Å². The van der Waals surface area contributed by atoms with Gasteiger partial charge in [-0.25, -0.2) is 4.79 Å². The summed E-state index contributed by atoms with van der Waals surface area (Å²) in [5.74, 6) is 0.490. The van der Waals surface area contributed by atoms with Crippen LogP contribution in [0.3, 0.4) is 0 Å². The van der Waals surface area contributed by atoms with Crippen LogP contribution in [-0.4, -0.2) is 55.8 Å². The van der Waals surface area contributed by atoms with Crippen LogP contribution >= 0.6 is 0 Å². The number of methoxy groups -OCH3 is 1. The number of carbonyl (C=O) groups excluding carboxylic acids is 1. The number of rotatable bonds is 9. The molecule has 0 spiro atoms. The molecule has 0 aliphatic carbocycles. The maximum absolute atomic E-state index is 12.0. The molecule has 2 aromatic rings. The van der Waals surface area contributed by atoms with Crippen LogP contribution in [0.5, 0.6) is 0 Å². The zero-order valence-corrected chi connectivity index (χ0v) is 20.8. The maximum Gasteiger partial charge on any atom is 0.511 e. The van der Waals surface area contributed by atoms with Crippen LogP contribution in [0.4, 0.5) is 4.79 Å². The number of allylic oxidation sites excluding steroid dienone is 1. The summed E-state index contributed by atoms with van der Waals surface area (Å²) in [6.07, 6.45) is -0.0207. The van der Waals surface area contributed by atoms with Gasteiger partial charge in [0.1, 0.15) is 12.3 Å². The van der Waals surface area contributed by atoms with Crippen LogP contribution in [0.15, 0.2) is 35.3 Å². The minimum Gasteiger partial charge on any atom is -0.452 e. The molecule has 0 N–H and O–H groups in total. The molecule has 2 rings (SSSR count). The Morgan fingerprint density at radius 1 is 1.18 bits per heavy atom. The van der Waals surface area contributed by atoms with Crippen molar-refractivity contribution in [3.05, 3.63) is 52.8 Å². The number of nitrogens with zero attached hydrogens (tertiary/aromatic N) is 3. The summed E-state index contributed by atoms with van der Waals surface area (Å²) in [6.45, 7) is 10.4. The van der Waals surface area contributed by atoms with Crippen molar-refractivity contribution < 1.29 is 23.7 Å². The highest BCUT2D eigenvalue weighted by Crippen LogP contribution is 2.30. The third kappa shape index (κ3) is 7.46. The first-order valence-corrected chi connectivity index (χ1v) is 10.8. The number of benzene rings is 1. The number of aliphatic imine (C=N–C) groups is 1. The van der Waals surface area contributed by atoms with E-state index in [4.69, 9.17) is 18.9 Å². The summed E-state index contributed by atoms with van der Waals surface area (Å²) in [5.41, 5.74) is 4.46. The number of carbonyl (C=O) groups is 1. The van der Waals surface area contributed by atoms with Crippen LogP contribution < -0.4 is 0 Å². The van der Waals surface area contributed by atoms with Crippen LogP contribution in [0.2, 0.25) is 0 Å². The van der Waals surface area contributed by atoms with Crippen LogP contribution in [0.25, 0.3) is 11.3 Å². The molecule has 0 aliphatic rings. The van der Waals surface area contributed by atoms with E-state index in [0.717, 1.165) is 22.5 Å². The molecule has 8 nitrogen and oxygen atoms in total. The molecule has 0 aliphatic heterocycles. The monoisotopic (exact) mass is 457 g/mol. The van der Waals surface area contributed by atoms with Gasteiger partial charge in [-0.3, -0.25) is 9.67 Å². The smallest absolute Gasteiger partial charge is 0.452 e. The highest BCUT2D eigenvalue weighted by Gasteiger charge is 2.22. The Labute approximate surface area is 196 Å². The Hall–Kier alpha value is -3.13. The van der Waals surface area contributed by atoms with Gasteiger partial charge in [0.2, 0.25) is 6.29 Å². The molecule has 0 radical (unpaired) electrons. The third-order valence-corrected chi connectivity index (χ3v) is 4.85. The van der Waals surface area contributed by atoms with E-state index in [1.807, 2.05) is 32.2 Å². The van der Waals surface area contributed by atoms with Crippen LogP contribution in [0.1, 0.15) is 50.2 Å². The molecule has 1 heterocycles. The van der Waals surface area contributed by atoms with Gasteiger partial charge in [0.25, 0.3) is 0 Å². The van der Waals surface area contributed by atoms with Crippen LogP contribution in [0, 0.1) is 6.92 Å². The van der Waals surface area contributed by atoms with E-state index in [2.05, 4.69) is 43.0 Å². The molecule has 0 amide bonds. The lowest BCUT2D eigenvalue weighted by atomic mass is 9.86. The predicted octanol–water partition coefficient (Wildman–Crippen LogP) is 4.76. The molecule has 180 valence electrons. The molecule has 1 unspecified atom stereocenters. The first-order valence-electron chi connectivity index (χ1n) is 10.8. The van der Waals surface area contributed by atoms with Crippen molar-refractivity contribution in [2.24, 2.45) is 12.0 Å². The molecule has 33 heavy (non-hydrogen) atoms. The normalized spacial score (nSPS) is 13.6. The SMILES string of the molecule is CN=C/C(=C(/OC(C)OC(=O)OCCOC)c1cc(C)nn1C)c1ccc(C(C)(C)C)cc1. The summed E-state index contributed by atoms with van der Waals surface area (Å²) in [5, 5.41) is 4.44. The first kappa shape index (κ1) is 26.1. The Balaban J connectivity index is 2.47. The number of hydrogen-bond acceptors (Lipinski definition) is 7. The molecular weight excluding hydrogens is 422 g/mol. The third-order valence-electron chi connectivity index (χ3n) is 4.85. The second kappa shape index (κ2) is 11.7. The topological polar surface area (TPSA) is 84.2 Å². The molecule has 0 bridgehead atoms. The van der Waals surface area contributed by atoms with Crippen LogP contribution in [-0.2, 0) is 31.4 Å². The minimum atomic E-state index is -0.917. The van der Waals surface area contributed by atoms with E-state index in [-0.39, 0.29) is 18.6 Å². The van der Waals surface area contributed by atoms with Crippen molar-refractivity contribution in [1.82, 2.24) is 9.78 Å². The lowest BCUT2D eigenvalue weighted by Gasteiger charge is -2.21. The number of ether oxygens (including phenoxy) is 4. The van der Waals surface area contributed by atoms with Crippen molar-refractivity contribution in [3.63, 3.8) is 0 Å². The van der Waals surface area contributed by atoms with Gasteiger partial charge in [-0.05, 0) is 29.5 Å². The summed E-state index contributed by atoms with van der Waals surface area (Å²) < 4.78 is 23.0. The summed E-state index contributed by atoms with van der Waals surface area (Å²) in [6, 6.07) is 10.2. The fourth-order valence-electron chi connectivity index (χ4n) is 3.20. The molecule has 1 aromatic heterocycles. The summed E-state index contributed by atoms with van der Waals surface area (Å²) in [4.78, 5) is 16.2. The Morgan fingerprint density at radius 2 is 1.85 bits per heavy atom. The minimum absolute atomic E-state index is 0.0330. The van der Waals surface area contributed by atoms with Crippen molar-refractivity contribution in [2.45, 2.75) is 46.3 Å². The fourth-order valence-corrected chi connectivity index (χ4v) is 3.20. The maximum atomic E-state index is 12.0. The fraction of sp³-hybridized carbons (Fsp3) is 0.480. The predicted molar refractivity (Wildman–Crippen MR) is 129 cm³/mol. The van der Waals surface area contributed by atoms with E-state index in [9.17, 15) is 4.79 Å². The Morgan fingerprint density at radius 3 is 2.36 bits per heavy atom. The second-order valence-corrected chi connectivity index (χ2v) is 8.65. The van der Waals surface area contributed by atoms with Gasteiger partial charge >= 0.3 is 6.16 Å². The Bertz CT molecular complexity index is 984. The molecule has 1 atom stereocenters.